The average Bonchev–Trinajstić information content (AvgIpc) is 2.82. The Morgan fingerprint density at radius 2 is 1.77 bits per heavy atom. The fraction of sp³-hybridized carbons (Fsp3) is 0.435. The zero-order valence-corrected chi connectivity index (χ0v) is 21.4. The van der Waals surface area contributed by atoms with Gasteiger partial charge in [0.2, 0.25) is 26.0 Å². The van der Waals surface area contributed by atoms with Crippen molar-refractivity contribution in [1.82, 2.24) is 4.31 Å². The number of hydrogen-bond donors (Lipinski definition) is 1. The first kappa shape index (κ1) is 26.9. The minimum atomic E-state index is -3.77. The quantitative estimate of drug-likeness (QED) is 0.508. The molecular weight excluding hydrogens is 497 g/mol. The van der Waals surface area contributed by atoms with Crippen LogP contribution in [0.5, 0.6) is 5.75 Å². The lowest BCUT2D eigenvalue weighted by Gasteiger charge is -2.26. The van der Waals surface area contributed by atoms with E-state index in [0.29, 0.717) is 18.8 Å². The molecule has 1 aliphatic rings. The Balaban J connectivity index is 1.70. The van der Waals surface area contributed by atoms with Crippen LogP contribution >= 0.6 is 0 Å². The molecule has 9 nitrogen and oxygen atoms in total. The molecule has 1 saturated heterocycles. The normalized spacial score (nSPS) is 14.9. The van der Waals surface area contributed by atoms with Crippen molar-refractivity contribution in [3.63, 3.8) is 0 Å². The molecule has 1 heterocycles. The van der Waals surface area contributed by atoms with E-state index in [1.165, 1.54) is 47.8 Å². The van der Waals surface area contributed by atoms with Crippen molar-refractivity contribution >= 4 is 37.3 Å². The SMILES string of the molecule is COc1ccc(S(=O)(=O)N2CCCCC2)cc1NC(=O)CCCN(c1ccccc1F)S(C)(=O)=O. The van der Waals surface area contributed by atoms with Gasteiger partial charge in [0, 0.05) is 26.1 Å². The van der Waals surface area contributed by atoms with Gasteiger partial charge in [-0.3, -0.25) is 9.10 Å². The van der Waals surface area contributed by atoms with Gasteiger partial charge in [-0.25, -0.2) is 21.2 Å². The maximum atomic E-state index is 14.1. The largest absolute Gasteiger partial charge is 0.495 e. The molecule has 0 atom stereocenters. The van der Waals surface area contributed by atoms with Crippen molar-refractivity contribution in [2.75, 3.05) is 42.6 Å². The van der Waals surface area contributed by atoms with Gasteiger partial charge in [-0.15, -0.1) is 0 Å². The monoisotopic (exact) mass is 527 g/mol. The van der Waals surface area contributed by atoms with Crippen LogP contribution < -0.4 is 14.4 Å². The van der Waals surface area contributed by atoms with Crippen LogP contribution in [0.3, 0.4) is 0 Å². The molecule has 12 heteroatoms. The Hall–Kier alpha value is -2.70. The summed E-state index contributed by atoms with van der Waals surface area (Å²) in [6.07, 6.45) is 3.60. The summed E-state index contributed by atoms with van der Waals surface area (Å²) in [5.74, 6) is -0.850. The fourth-order valence-corrected chi connectivity index (χ4v) is 6.42. The van der Waals surface area contributed by atoms with Crippen LogP contribution in [0.2, 0.25) is 0 Å². The second-order valence-corrected chi connectivity index (χ2v) is 12.1. The molecular formula is C23H30FN3O6S2. The van der Waals surface area contributed by atoms with Gasteiger partial charge in [-0.05, 0) is 49.6 Å². The highest BCUT2D eigenvalue weighted by molar-refractivity contribution is 7.92. The Morgan fingerprint density at radius 3 is 2.40 bits per heavy atom. The highest BCUT2D eigenvalue weighted by atomic mass is 32.2. The van der Waals surface area contributed by atoms with E-state index in [1.807, 2.05) is 0 Å². The topological polar surface area (TPSA) is 113 Å². The Kier molecular flexibility index (Phi) is 8.73. The van der Waals surface area contributed by atoms with Crippen LogP contribution in [0.4, 0.5) is 15.8 Å². The molecule has 0 unspecified atom stereocenters. The predicted molar refractivity (Wildman–Crippen MR) is 132 cm³/mol. The molecule has 0 spiro atoms. The highest BCUT2D eigenvalue weighted by Gasteiger charge is 2.27. The number of ether oxygens (including phenoxy) is 1. The smallest absolute Gasteiger partial charge is 0.243 e. The van der Waals surface area contributed by atoms with E-state index in [1.54, 1.807) is 0 Å². The van der Waals surface area contributed by atoms with Crippen molar-refractivity contribution in [2.45, 2.75) is 37.0 Å². The number of anilines is 2. The predicted octanol–water partition coefficient (Wildman–Crippen LogP) is 3.19. The summed E-state index contributed by atoms with van der Waals surface area (Å²) in [5.41, 5.74) is 0.109. The van der Waals surface area contributed by atoms with E-state index < -0.39 is 31.8 Å². The molecule has 2 aromatic carbocycles. The van der Waals surface area contributed by atoms with E-state index in [0.717, 1.165) is 35.9 Å². The van der Waals surface area contributed by atoms with Crippen molar-refractivity contribution in [3.05, 3.63) is 48.3 Å². The number of carbonyl (C=O) groups is 1. The number of carbonyl (C=O) groups excluding carboxylic acids is 1. The average molecular weight is 528 g/mol. The minimum absolute atomic E-state index is 0.0540. The standard InChI is InChI=1S/C23H30FN3O6S2/c1-33-22-13-12-18(35(31,32)26-14-6-3-7-15-26)17-20(22)25-23(28)11-8-16-27(34(2,29)30)21-10-5-4-9-19(21)24/h4-5,9-10,12-13,17H,3,6-8,11,14-16H2,1-2H3,(H,25,28). The number of methoxy groups -OCH3 is 1. The van der Waals surface area contributed by atoms with Gasteiger partial charge in [-0.1, -0.05) is 18.6 Å². The number of amides is 1. The Bertz CT molecular complexity index is 1260. The molecule has 1 N–H and O–H groups in total. The fourth-order valence-electron chi connectivity index (χ4n) is 3.91. The number of rotatable bonds is 10. The second-order valence-electron chi connectivity index (χ2n) is 8.27. The van der Waals surface area contributed by atoms with Crippen LogP contribution in [0.25, 0.3) is 0 Å². The van der Waals surface area contributed by atoms with Gasteiger partial charge in [0.1, 0.15) is 11.6 Å². The number of hydrogen-bond acceptors (Lipinski definition) is 6. The van der Waals surface area contributed by atoms with Crippen LogP contribution in [0, 0.1) is 5.82 Å². The third-order valence-electron chi connectivity index (χ3n) is 5.68. The van der Waals surface area contributed by atoms with Crippen molar-refractivity contribution in [3.8, 4) is 5.75 Å². The van der Waals surface area contributed by atoms with Crippen molar-refractivity contribution < 1.29 is 30.8 Å². The Morgan fingerprint density at radius 1 is 1.09 bits per heavy atom. The summed E-state index contributed by atoms with van der Waals surface area (Å²) < 4.78 is 72.1. The molecule has 0 radical (unpaired) electrons. The van der Waals surface area contributed by atoms with E-state index in [9.17, 15) is 26.0 Å². The molecule has 2 aromatic rings. The second kappa shape index (κ2) is 11.4. The first-order valence-corrected chi connectivity index (χ1v) is 14.5. The summed E-state index contributed by atoms with van der Waals surface area (Å²) >= 11 is 0. The third-order valence-corrected chi connectivity index (χ3v) is 8.76. The van der Waals surface area contributed by atoms with E-state index in [2.05, 4.69) is 5.32 Å². The summed E-state index contributed by atoms with van der Waals surface area (Å²) in [5, 5.41) is 2.65. The molecule has 1 fully saturated rings. The first-order valence-electron chi connectivity index (χ1n) is 11.2. The number of nitrogens with one attached hydrogen (secondary N) is 1. The lowest BCUT2D eigenvalue weighted by Crippen LogP contribution is -2.35. The third kappa shape index (κ3) is 6.71. The molecule has 0 aliphatic carbocycles. The molecule has 1 amide bonds. The highest BCUT2D eigenvalue weighted by Crippen LogP contribution is 2.30. The maximum Gasteiger partial charge on any atom is 0.243 e. The lowest BCUT2D eigenvalue weighted by atomic mass is 10.2. The summed E-state index contributed by atoms with van der Waals surface area (Å²) in [6, 6.07) is 9.79. The number of para-hydroxylation sites is 1. The van der Waals surface area contributed by atoms with Gasteiger partial charge in [0.25, 0.3) is 0 Å². The van der Waals surface area contributed by atoms with Gasteiger partial charge in [-0.2, -0.15) is 4.31 Å². The van der Waals surface area contributed by atoms with E-state index in [4.69, 9.17) is 4.74 Å². The molecule has 1 aliphatic heterocycles. The number of halogens is 1. The minimum Gasteiger partial charge on any atom is -0.495 e. The number of piperidine rings is 1. The lowest BCUT2D eigenvalue weighted by molar-refractivity contribution is -0.116. The molecule has 0 saturated carbocycles. The van der Waals surface area contributed by atoms with Crippen molar-refractivity contribution in [2.24, 2.45) is 0 Å². The molecule has 35 heavy (non-hydrogen) atoms. The van der Waals surface area contributed by atoms with Gasteiger partial charge in [0.15, 0.2) is 0 Å². The zero-order valence-electron chi connectivity index (χ0n) is 19.7. The summed E-state index contributed by atoms with van der Waals surface area (Å²) in [4.78, 5) is 12.7. The van der Waals surface area contributed by atoms with Crippen molar-refractivity contribution in [1.29, 1.82) is 0 Å². The van der Waals surface area contributed by atoms with Gasteiger partial charge < -0.3 is 10.1 Å². The summed E-state index contributed by atoms with van der Waals surface area (Å²) in [7, 11) is -6.07. The van der Waals surface area contributed by atoms with Crippen LogP contribution in [0.1, 0.15) is 32.1 Å². The number of sulfonamides is 2. The van der Waals surface area contributed by atoms with E-state index >= 15 is 0 Å². The maximum absolute atomic E-state index is 14.1. The van der Waals surface area contributed by atoms with Crippen LogP contribution in [0.15, 0.2) is 47.4 Å². The summed E-state index contributed by atoms with van der Waals surface area (Å²) in [6.45, 7) is 0.803. The number of nitrogens with zero attached hydrogens (tertiary/aromatic N) is 2. The molecule has 192 valence electrons. The van der Waals surface area contributed by atoms with Crippen LogP contribution in [-0.4, -0.2) is 60.0 Å². The zero-order chi connectivity index (χ0) is 25.6. The Labute approximate surface area is 206 Å². The van der Waals surface area contributed by atoms with Gasteiger partial charge in [0.05, 0.1) is 29.6 Å². The molecule has 3 rings (SSSR count). The van der Waals surface area contributed by atoms with Crippen LogP contribution in [-0.2, 0) is 24.8 Å². The van der Waals surface area contributed by atoms with E-state index in [-0.39, 0.29) is 35.7 Å². The van der Waals surface area contributed by atoms with Gasteiger partial charge >= 0.3 is 0 Å². The number of benzene rings is 2. The molecule has 0 bridgehead atoms. The molecule has 0 aromatic heterocycles. The first-order chi connectivity index (χ1) is 16.5.